The van der Waals surface area contributed by atoms with E-state index in [4.69, 9.17) is 0 Å². The second-order valence-corrected chi connectivity index (χ2v) is 4.27. The molecule has 90 valence electrons. The number of aryl methyl sites for hydroxylation is 1. The summed E-state index contributed by atoms with van der Waals surface area (Å²) in [5, 5.41) is 0. The molecule has 1 aliphatic carbocycles. The first-order chi connectivity index (χ1) is 9.33. The van der Waals surface area contributed by atoms with Crippen LogP contribution in [0.5, 0.6) is 0 Å². The molecule has 0 unspecified atom stereocenters. The zero-order valence-electron chi connectivity index (χ0n) is 10.6. The lowest BCUT2D eigenvalue weighted by Gasteiger charge is -2.07. The molecule has 0 saturated carbocycles. The van der Waals surface area contributed by atoms with Gasteiger partial charge in [0.15, 0.2) is 0 Å². The van der Waals surface area contributed by atoms with Crippen LogP contribution in [0.4, 0.5) is 0 Å². The van der Waals surface area contributed by atoms with E-state index >= 15 is 0 Å². The number of rotatable bonds is 2. The van der Waals surface area contributed by atoms with Crippen LogP contribution in [0.1, 0.15) is 11.5 Å². The van der Waals surface area contributed by atoms with Crippen LogP contribution in [0.2, 0.25) is 0 Å². The number of allylic oxidation sites excluding steroid dienone is 4. The number of benzene rings is 1. The van der Waals surface area contributed by atoms with Gasteiger partial charge in [0.25, 0.3) is 0 Å². The molecule has 0 atom stereocenters. The van der Waals surface area contributed by atoms with Gasteiger partial charge in [0, 0.05) is 11.1 Å². The van der Waals surface area contributed by atoms with Gasteiger partial charge in [-0.05, 0) is 31.2 Å². The van der Waals surface area contributed by atoms with Crippen LogP contribution >= 0.6 is 0 Å². The van der Waals surface area contributed by atoms with Gasteiger partial charge in [-0.2, -0.15) is 0 Å². The first-order valence-corrected chi connectivity index (χ1v) is 6.12. The van der Waals surface area contributed by atoms with Crippen LogP contribution in [0.3, 0.4) is 0 Å². The van der Waals surface area contributed by atoms with E-state index in [1.54, 1.807) is 0 Å². The Morgan fingerprint density at radius 1 is 0.947 bits per heavy atom. The molecule has 19 heavy (non-hydrogen) atoms. The molecule has 1 aromatic carbocycles. The number of nitrogens with zero attached hydrogens (tertiary/aromatic N) is 2. The number of hydrogen-bond donors (Lipinski definition) is 0. The van der Waals surface area contributed by atoms with Crippen molar-refractivity contribution in [2.24, 2.45) is 0 Å². The van der Waals surface area contributed by atoms with Crippen molar-refractivity contribution in [2.75, 3.05) is 0 Å². The predicted molar refractivity (Wildman–Crippen MR) is 76.3 cm³/mol. The van der Waals surface area contributed by atoms with Crippen molar-refractivity contribution in [3.63, 3.8) is 0 Å². The molecule has 1 heterocycles. The molecule has 1 aliphatic rings. The summed E-state index contributed by atoms with van der Waals surface area (Å²) in [5.41, 5.74) is 9.83. The van der Waals surface area contributed by atoms with Crippen LogP contribution in [-0.2, 0) is 0 Å². The maximum absolute atomic E-state index is 4.50. The monoisotopic (exact) mass is 244 g/mol. The fourth-order valence-corrected chi connectivity index (χ4v) is 1.98. The molecule has 0 spiro atoms. The summed E-state index contributed by atoms with van der Waals surface area (Å²) in [7, 11) is 0. The molecule has 0 N–H and O–H groups in total. The Labute approximate surface area is 112 Å². The lowest BCUT2D eigenvalue weighted by Crippen LogP contribution is -1.96. The van der Waals surface area contributed by atoms with E-state index < -0.39 is 0 Å². The molecule has 0 amide bonds. The Morgan fingerprint density at radius 2 is 1.74 bits per heavy atom. The molecule has 3 rings (SSSR count). The fraction of sp³-hybridized carbons (Fsp3) is 0.0588. The first-order valence-electron chi connectivity index (χ1n) is 6.12. The molecule has 0 radical (unpaired) electrons. The lowest BCUT2D eigenvalue weighted by molar-refractivity contribution is 1.04. The molecular formula is C17H12N2. The predicted octanol–water partition coefficient (Wildman–Crippen LogP) is 3.72. The van der Waals surface area contributed by atoms with E-state index in [9.17, 15) is 0 Å². The average molecular weight is 244 g/mol. The Hall–Kier alpha value is -2.66. The molecular weight excluding hydrogens is 232 g/mol. The van der Waals surface area contributed by atoms with Gasteiger partial charge < -0.3 is 0 Å². The smallest absolute Gasteiger partial charge is 0.126 e. The third-order valence-corrected chi connectivity index (χ3v) is 2.86. The van der Waals surface area contributed by atoms with Crippen molar-refractivity contribution in [1.29, 1.82) is 0 Å². The van der Waals surface area contributed by atoms with Crippen molar-refractivity contribution in [2.45, 2.75) is 6.92 Å². The number of hydrogen-bond acceptors (Lipinski definition) is 2. The highest BCUT2D eigenvalue weighted by atomic mass is 14.9. The van der Waals surface area contributed by atoms with Gasteiger partial charge in [-0.1, -0.05) is 41.8 Å². The first kappa shape index (κ1) is 11.4. The maximum Gasteiger partial charge on any atom is 0.126 e. The van der Waals surface area contributed by atoms with Crippen molar-refractivity contribution in [3.8, 4) is 11.3 Å². The van der Waals surface area contributed by atoms with E-state index in [2.05, 4.69) is 33.6 Å². The SMILES string of the molecule is Cc1nc(C2=CC=C=C=C2)cc(-c2ccccc2)n1. The molecule has 0 bridgehead atoms. The van der Waals surface area contributed by atoms with E-state index in [0.29, 0.717) is 0 Å². The molecule has 2 aromatic rings. The van der Waals surface area contributed by atoms with Crippen molar-refractivity contribution in [3.05, 3.63) is 77.6 Å². The lowest BCUT2D eigenvalue weighted by atomic mass is 10.1. The van der Waals surface area contributed by atoms with Gasteiger partial charge in [-0.15, -0.1) is 0 Å². The molecule has 0 aliphatic heterocycles. The Bertz CT molecular complexity index is 742. The van der Waals surface area contributed by atoms with Gasteiger partial charge in [-0.3, -0.25) is 0 Å². The van der Waals surface area contributed by atoms with Crippen LogP contribution in [0, 0.1) is 6.92 Å². The van der Waals surface area contributed by atoms with Crippen LogP contribution in [-0.4, -0.2) is 9.97 Å². The van der Waals surface area contributed by atoms with Crippen LogP contribution < -0.4 is 0 Å². The van der Waals surface area contributed by atoms with Gasteiger partial charge >= 0.3 is 0 Å². The van der Waals surface area contributed by atoms with E-state index in [-0.39, 0.29) is 0 Å². The fourth-order valence-electron chi connectivity index (χ4n) is 1.98. The minimum absolute atomic E-state index is 0.768. The summed E-state index contributed by atoms with van der Waals surface area (Å²) in [5.74, 6) is 0.768. The molecule has 2 nitrogen and oxygen atoms in total. The zero-order chi connectivity index (χ0) is 13.1. The van der Waals surface area contributed by atoms with Crippen molar-refractivity contribution >= 4 is 5.57 Å². The second-order valence-electron chi connectivity index (χ2n) is 4.27. The largest absolute Gasteiger partial charge is 0.233 e. The minimum Gasteiger partial charge on any atom is -0.233 e. The van der Waals surface area contributed by atoms with Gasteiger partial charge in [0.2, 0.25) is 0 Å². The van der Waals surface area contributed by atoms with E-state index in [0.717, 1.165) is 28.3 Å². The standard InChI is InChI=1S/C17H12N2/c1-13-18-16(14-8-4-2-5-9-14)12-17(19-13)15-10-6-3-7-11-15/h2,4-6,8-12H,1H3. The molecule has 0 saturated heterocycles. The van der Waals surface area contributed by atoms with Crippen molar-refractivity contribution < 1.29 is 0 Å². The highest BCUT2D eigenvalue weighted by Crippen LogP contribution is 2.22. The Balaban J connectivity index is 2.09. The molecule has 0 fully saturated rings. The molecule has 1 aromatic heterocycles. The topological polar surface area (TPSA) is 25.8 Å². The quantitative estimate of drug-likeness (QED) is 0.752. The highest BCUT2D eigenvalue weighted by Gasteiger charge is 2.07. The summed E-state index contributed by atoms with van der Waals surface area (Å²) in [6, 6.07) is 12.1. The Morgan fingerprint density at radius 3 is 2.47 bits per heavy atom. The van der Waals surface area contributed by atoms with Crippen LogP contribution in [0.25, 0.3) is 16.8 Å². The van der Waals surface area contributed by atoms with Gasteiger partial charge in [0.1, 0.15) is 5.82 Å². The third kappa shape index (κ3) is 2.46. The van der Waals surface area contributed by atoms with Crippen LogP contribution in [0.15, 0.2) is 66.1 Å². The number of aromatic nitrogens is 2. The maximum atomic E-state index is 4.50. The summed E-state index contributed by atoms with van der Waals surface area (Å²) >= 11 is 0. The van der Waals surface area contributed by atoms with Crippen molar-refractivity contribution in [1.82, 2.24) is 9.97 Å². The van der Waals surface area contributed by atoms with Gasteiger partial charge in [-0.25, -0.2) is 9.97 Å². The summed E-state index contributed by atoms with van der Waals surface area (Å²) in [4.78, 5) is 8.99. The molecule has 2 heteroatoms. The zero-order valence-corrected chi connectivity index (χ0v) is 10.6. The third-order valence-electron chi connectivity index (χ3n) is 2.86. The normalized spacial score (nSPS) is 12.6. The Kier molecular flexibility index (Phi) is 2.96. The minimum atomic E-state index is 0.768. The highest BCUT2D eigenvalue weighted by molar-refractivity contribution is 5.76. The summed E-state index contributed by atoms with van der Waals surface area (Å²) in [6.07, 6.45) is 5.71. The average Bonchev–Trinajstić information content (AvgIpc) is 2.48. The van der Waals surface area contributed by atoms with Gasteiger partial charge in [0.05, 0.1) is 11.4 Å². The second kappa shape index (κ2) is 4.91. The summed E-state index contributed by atoms with van der Waals surface area (Å²) in [6.45, 7) is 1.91. The van der Waals surface area contributed by atoms with E-state index in [1.165, 1.54) is 0 Å². The summed E-state index contributed by atoms with van der Waals surface area (Å²) < 4.78 is 0. The van der Waals surface area contributed by atoms with E-state index in [1.807, 2.05) is 49.4 Å².